The molecule has 0 aromatic rings. The van der Waals surface area contributed by atoms with E-state index in [0.29, 0.717) is 19.4 Å². The fourth-order valence-electron chi connectivity index (χ4n) is 3.36. The Bertz CT molecular complexity index is 454. The van der Waals surface area contributed by atoms with Crippen molar-refractivity contribution in [3.8, 4) is 0 Å². The van der Waals surface area contributed by atoms with E-state index in [0.717, 1.165) is 32.1 Å². The summed E-state index contributed by atoms with van der Waals surface area (Å²) < 4.78 is 27.4. The molecule has 0 unspecified atom stereocenters. The van der Waals surface area contributed by atoms with E-state index in [9.17, 15) is 13.2 Å². The van der Waals surface area contributed by atoms with Crippen molar-refractivity contribution in [3.05, 3.63) is 0 Å². The topological polar surface area (TPSA) is 86.7 Å². The van der Waals surface area contributed by atoms with Crippen LogP contribution in [0.2, 0.25) is 0 Å². The Morgan fingerprint density at radius 2 is 1.86 bits per heavy atom. The van der Waals surface area contributed by atoms with Gasteiger partial charge in [0.2, 0.25) is 10.0 Å². The summed E-state index contributed by atoms with van der Waals surface area (Å²) in [5.74, 6) is -0.830. The predicted octanol–water partition coefficient (Wildman–Crippen LogP) is 1.18. The molecule has 2 rings (SSSR count). The Kier molecular flexibility index (Phi) is 5.62. The van der Waals surface area contributed by atoms with E-state index in [4.69, 9.17) is 5.11 Å². The molecule has 122 valence electrons. The van der Waals surface area contributed by atoms with Crippen LogP contribution in [0.15, 0.2) is 0 Å². The molecule has 0 heterocycles. The number of nitrogens with zero attached hydrogens (tertiary/aromatic N) is 1. The van der Waals surface area contributed by atoms with E-state index in [1.165, 1.54) is 0 Å². The van der Waals surface area contributed by atoms with Gasteiger partial charge in [0, 0.05) is 12.1 Å². The van der Waals surface area contributed by atoms with Gasteiger partial charge in [-0.25, -0.2) is 13.1 Å². The SMILES string of the molecule is CCN(CC(=O)O)C1CC(NS(=O)(=O)C2CCCCC2)C1. The average Bonchev–Trinajstić information content (AvgIpc) is 2.41. The van der Waals surface area contributed by atoms with Crippen molar-refractivity contribution in [2.45, 2.75) is 69.2 Å². The van der Waals surface area contributed by atoms with Crippen molar-refractivity contribution in [3.63, 3.8) is 0 Å². The third-order valence-electron chi connectivity index (χ3n) is 4.70. The summed E-state index contributed by atoms with van der Waals surface area (Å²) in [6.07, 6.45) is 6.11. The fourth-order valence-corrected chi connectivity index (χ4v) is 5.16. The molecule has 0 aliphatic heterocycles. The Labute approximate surface area is 126 Å². The van der Waals surface area contributed by atoms with Crippen molar-refractivity contribution in [2.24, 2.45) is 0 Å². The second-order valence-corrected chi connectivity index (χ2v) is 8.19. The van der Waals surface area contributed by atoms with Crippen LogP contribution in [0.25, 0.3) is 0 Å². The van der Waals surface area contributed by atoms with Gasteiger partial charge >= 0.3 is 5.97 Å². The van der Waals surface area contributed by atoms with Gasteiger partial charge in [0.15, 0.2) is 0 Å². The van der Waals surface area contributed by atoms with E-state index in [2.05, 4.69) is 4.72 Å². The van der Waals surface area contributed by atoms with E-state index < -0.39 is 16.0 Å². The Morgan fingerprint density at radius 1 is 1.24 bits per heavy atom. The molecule has 0 atom stereocenters. The molecule has 2 aliphatic rings. The first-order valence-corrected chi connectivity index (χ1v) is 9.44. The summed E-state index contributed by atoms with van der Waals surface area (Å²) in [5.41, 5.74) is 0. The first-order chi connectivity index (χ1) is 9.92. The maximum atomic E-state index is 12.3. The van der Waals surface area contributed by atoms with Gasteiger partial charge in [-0.15, -0.1) is 0 Å². The molecule has 0 radical (unpaired) electrons. The number of nitrogens with one attached hydrogen (secondary N) is 1. The minimum atomic E-state index is -3.21. The van der Waals surface area contributed by atoms with Gasteiger partial charge in [0.25, 0.3) is 0 Å². The minimum Gasteiger partial charge on any atom is -0.480 e. The number of carboxylic acids is 1. The highest BCUT2D eigenvalue weighted by Crippen LogP contribution is 2.29. The number of carboxylic acid groups (broad SMARTS) is 1. The van der Waals surface area contributed by atoms with E-state index in [1.54, 1.807) is 0 Å². The molecule has 2 saturated carbocycles. The quantitative estimate of drug-likeness (QED) is 0.736. The van der Waals surface area contributed by atoms with Crippen LogP contribution in [0.4, 0.5) is 0 Å². The molecule has 2 aliphatic carbocycles. The van der Waals surface area contributed by atoms with Gasteiger partial charge < -0.3 is 5.11 Å². The third-order valence-corrected chi connectivity index (χ3v) is 6.71. The van der Waals surface area contributed by atoms with E-state index in [1.807, 2.05) is 11.8 Å². The number of sulfonamides is 1. The summed E-state index contributed by atoms with van der Waals surface area (Å²) in [6.45, 7) is 2.64. The van der Waals surface area contributed by atoms with Gasteiger partial charge in [-0.3, -0.25) is 9.69 Å². The molecule has 21 heavy (non-hydrogen) atoms. The van der Waals surface area contributed by atoms with Crippen molar-refractivity contribution < 1.29 is 18.3 Å². The largest absolute Gasteiger partial charge is 0.480 e. The lowest BCUT2D eigenvalue weighted by Gasteiger charge is -2.42. The van der Waals surface area contributed by atoms with Crippen LogP contribution in [-0.4, -0.2) is 54.8 Å². The lowest BCUT2D eigenvalue weighted by atomic mass is 9.86. The maximum Gasteiger partial charge on any atom is 0.317 e. The number of carbonyl (C=O) groups is 1. The fraction of sp³-hybridized carbons (Fsp3) is 0.929. The van der Waals surface area contributed by atoms with Gasteiger partial charge in [0.05, 0.1) is 11.8 Å². The van der Waals surface area contributed by atoms with E-state index in [-0.39, 0.29) is 23.9 Å². The standard InChI is InChI=1S/C14H26N2O4S/c1-2-16(10-14(17)18)12-8-11(9-12)15-21(19,20)13-6-4-3-5-7-13/h11-13,15H,2-10H2,1H3,(H,17,18). The molecule has 7 heteroatoms. The molecular weight excluding hydrogens is 292 g/mol. The number of rotatable bonds is 7. The normalized spacial score (nSPS) is 27.5. The van der Waals surface area contributed by atoms with Crippen molar-refractivity contribution in [1.82, 2.24) is 9.62 Å². The molecule has 6 nitrogen and oxygen atoms in total. The van der Waals surface area contributed by atoms with Gasteiger partial charge in [-0.2, -0.15) is 0 Å². The second kappa shape index (κ2) is 7.07. The number of hydrogen-bond acceptors (Lipinski definition) is 4. The minimum absolute atomic E-state index is 0.0234. The van der Waals surface area contributed by atoms with Crippen molar-refractivity contribution >= 4 is 16.0 Å². The molecular formula is C14H26N2O4S. The molecule has 0 saturated heterocycles. The zero-order chi connectivity index (χ0) is 15.5. The summed E-state index contributed by atoms with van der Waals surface area (Å²) in [4.78, 5) is 12.7. The molecule has 2 fully saturated rings. The monoisotopic (exact) mass is 318 g/mol. The second-order valence-electron chi connectivity index (χ2n) is 6.20. The molecule has 0 bridgehead atoms. The highest BCUT2D eigenvalue weighted by atomic mass is 32.2. The van der Waals surface area contributed by atoms with Crippen LogP contribution in [0, 0.1) is 0 Å². The van der Waals surface area contributed by atoms with Crippen LogP contribution in [0.5, 0.6) is 0 Å². The van der Waals surface area contributed by atoms with Crippen LogP contribution in [0.1, 0.15) is 51.9 Å². The highest BCUT2D eigenvalue weighted by Gasteiger charge is 2.38. The molecule has 0 aromatic carbocycles. The predicted molar refractivity (Wildman–Crippen MR) is 80.6 cm³/mol. The van der Waals surface area contributed by atoms with Crippen LogP contribution in [-0.2, 0) is 14.8 Å². The lowest BCUT2D eigenvalue weighted by Crippen LogP contribution is -2.56. The summed E-state index contributed by atoms with van der Waals surface area (Å²) in [5, 5.41) is 8.62. The highest BCUT2D eigenvalue weighted by molar-refractivity contribution is 7.90. The van der Waals surface area contributed by atoms with E-state index >= 15 is 0 Å². The lowest BCUT2D eigenvalue weighted by molar-refractivity contribution is -0.139. The maximum absolute atomic E-state index is 12.3. The van der Waals surface area contributed by atoms with Crippen LogP contribution >= 0.6 is 0 Å². The summed E-state index contributed by atoms with van der Waals surface area (Å²) in [7, 11) is -3.21. The van der Waals surface area contributed by atoms with Gasteiger partial charge in [-0.1, -0.05) is 26.2 Å². The first-order valence-electron chi connectivity index (χ1n) is 7.89. The molecule has 0 spiro atoms. The Hall–Kier alpha value is -0.660. The molecule has 2 N–H and O–H groups in total. The Morgan fingerprint density at radius 3 is 2.38 bits per heavy atom. The average molecular weight is 318 g/mol. The third kappa shape index (κ3) is 4.40. The first kappa shape index (κ1) is 16.7. The van der Waals surface area contributed by atoms with Crippen LogP contribution in [0.3, 0.4) is 0 Å². The Balaban J connectivity index is 1.80. The number of aliphatic carboxylic acids is 1. The van der Waals surface area contributed by atoms with Gasteiger partial charge in [-0.05, 0) is 32.2 Å². The van der Waals surface area contributed by atoms with Gasteiger partial charge in [0.1, 0.15) is 0 Å². The number of hydrogen-bond donors (Lipinski definition) is 2. The zero-order valence-electron chi connectivity index (χ0n) is 12.6. The van der Waals surface area contributed by atoms with Crippen LogP contribution < -0.4 is 4.72 Å². The number of likely N-dealkylation sites (N-methyl/N-ethyl adjacent to an activating group) is 1. The summed E-state index contributed by atoms with van der Waals surface area (Å²) >= 11 is 0. The summed E-state index contributed by atoms with van der Waals surface area (Å²) in [6, 6.07) is 0.162. The zero-order valence-corrected chi connectivity index (χ0v) is 13.4. The van der Waals surface area contributed by atoms with Crippen molar-refractivity contribution in [2.75, 3.05) is 13.1 Å². The molecule has 0 aromatic heterocycles. The smallest absolute Gasteiger partial charge is 0.317 e. The van der Waals surface area contributed by atoms with Crippen molar-refractivity contribution in [1.29, 1.82) is 0 Å². The molecule has 0 amide bonds.